The normalized spacial score (nSPS) is 13.4. The van der Waals surface area contributed by atoms with Crippen LogP contribution in [0, 0.1) is 12.7 Å². The summed E-state index contributed by atoms with van der Waals surface area (Å²) in [4.78, 5) is 0. The number of benzene rings is 1. The molecule has 1 aromatic carbocycles. The first-order chi connectivity index (χ1) is 9.84. The molecule has 0 amide bonds. The van der Waals surface area contributed by atoms with Crippen molar-refractivity contribution in [2.75, 3.05) is 7.05 Å². The highest BCUT2D eigenvalue weighted by molar-refractivity contribution is 5.27. The SMILES string of the molecule is CNC(Cc1cc(C)nn1C)C(C)(C)c1ccc(F)cc1. The molecule has 0 aliphatic carbocycles. The number of aryl methyl sites for hydroxylation is 2. The molecule has 1 atom stereocenters. The zero-order valence-corrected chi connectivity index (χ0v) is 13.4. The fourth-order valence-corrected chi connectivity index (χ4v) is 2.86. The van der Waals surface area contributed by atoms with E-state index in [9.17, 15) is 4.39 Å². The average molecular weight is 289 g/mol. The van der Waals surface area contributed by atoms with Gasteiger partial charge in [0.15, 0.2) is 0 Å². The third-order valence-electron chi connectivity index (χ3n) is 4.32. The van der Waals surface area contributed by atoms with E-state index in [2.05, 4.69) is 30.3 Å². The van der Waals surface area contributed by atoms with Crippen molar-refractivity contribution in [3.05, 3.63) is 53.1 Å². The Hall–Kier alpha value is -1.68. The number of nitrogens with one attached hydrogen (secondary N) is 1. The first-order valence-electron chi connectivity index (χ1n) is 7.27. The molecule has 0 radical (unpaired) electrons. The monoisotopic (exact) mass is 289 g/mol. The molecule has 4 heteroatoms. The van der Waals surface area contributed by atoms with Gasteiger partial charge in [-0.2, -0.15) is 5.10 Å². The minimum atomic E-state index is -0.196. The van der Waals surface area contributed by atoms with E-state index in [1.807, 2.05) is 37.8 Å². The molecule has 0 bridgehead atoms. The fraction of sp³-hybridized carbons (Fsp3) is 0.471. The van der Waals surface area contributed by atoms with Gasteiger partial charge in [0.2, 0.25) is 0 Å². The average Bonchev–Trinajstić information content (AvgIpc) is 2.74. The van der Waals surface area contributed by atoms with Crippen LogP contribution in [-0.2, 0) is 18.9 Å². The molecule has 0 aliphatic heterocycles. The predicted molar refractivity (Wildman–Crippen MR) is 83.9 cm³/mol. The van der Waals surface area contributed by atoms with Crippen molar-refractivity contribution in [2.45, 2.75) is 38.6 Å². The number of nitrogens with zero attached hydrogens (tertiary/aromatic N) is 2. The van der Waals surface area contributed by atoms with Gasteiger partial charge in [0.05, 0.1) is 5.69 Å². The van der Waals surface area contributed by atoms with Crippen molar-refractivity contribution in [3.8, 4) is 0 Å². The lowest BCUT2D eigenvalue weighted by atomic mass is 9.76. The van der Waals surface area contributed by atoms with E-state index in [-0.39, 0.29) is 17.3 Å². The standard InChI is InChI=1S/C17H24FN3/c1-12-10-15(21(5)20-12)11-16(19-4)17(2,3)13-6-8-14(18)9-7-13/h6-10,16,19H,11H2,1-5H3. The molecule has 1 heterocycles. The van der Waals surface area contributed by atoms with E-state index in [0.29, 0.717) is 0 Å². The highest BCUT2D eigenvalue weighted by atomic mass is 19.1. The zero-order valence-electron chi connectivity index (χ0n) is 13.4. The van der Waals surface area contributed by atoms with Crippen LogP contribution in [0.5, 0.6) is 0 Å². The Balaban J connectivity index is 2.26. The van der Waals surface area contributed by atoms with Crippen LogP contribution in [-0.4, -0.2) is 22.9 Å². The molecule has 0 fully saturated rings. The molecule has 1 N–H and O–H groups in total. The maximum Gasteiger partial charge on any atom is 0.123 e. The number of hydrogen-bond donors (Lipinski definition) is 1. The smallest absolute Gasteiger partial charge is 0.123 e. The van der Waals surface area contributed by atoms with Crippen molar-refractivity contribution in [1.29, 1.82) is 0 Å². The van der Waals surface area contributed by atoms with Crippen molar-refractivity contribution in [1.82, 2.24) is 15.1 Å². The van der Waals surface area contributed by atoms with Gasteiger partial charge in [-0.3, -0.25) is 4.68 Å². The first-order valence-corrected chi connectivity index (χ1v) is 7.27. The Morgan fingerprint density at radius 1 is 1.29 bits per heavy atom. The van der Waals surface area contributed by atoms with Gasteiger partial charge in [0, 0.05) is 30.6 Å². The van der Waals surface area contributed by atoms with Gasteiger partial charge in [0.1, 0.15) is 5.82 Å². The summed E-state index contributed by atoms with van der Waals surface area (Å²) in [6, 6.07) is 9.14. The van der Waals surface area contributed by atoms with Gasteiger partial charge >= 0.3 is 0 Å². The largest absolute Gasteiger partial charge is 0.316 e. The second kappa shape index (κ2) is 5.98. The summed E-state index contributed by atoms with van der Waals surface area (Å²) in [6.07, 6.45) is 0.873. The van der Waals surface area contributed by atoms with Crippen LogP contribution in [0.1, 0.15) is 30.8 Å². The third-order valence-corrected chi connectivity index (χ3v) is 4.32. The maximum absolute atomic E-state index is 13.1. The van der Waals surface area contributed by atoms with Gasteiger partial charge in [-0.1, -0.05) is 26.0 Å². The van der Waals surface area contributed by atoms with Crippen LogP contribution in [0.25, 0.3) is 0 Å². The molecule has 0 spiro atoms. The number of likely N-dealkylation sites (N-methyl/N-ethyl adjacent to an activating group) is 1. The molecule has 0 saturated heterocycles. The Kier molecular flexibility index (Phi) is 4.47. The fourth-order valence-electron chi connectivity index (χ4n) is 2.86. The van der Waals surface area contributed by atoms with Crippen LogP contribution >= 0.6 is 0 Å². The molecule has 1 unspecified atom stereocenters. The van der Waals surface area contributed by atoms with Gasteiger partial charge in [-0.15, -0.1) is 0 Å². The molecule has 21 heavy (non-hydrogen) atoms. The minimum Gasteiger partial charge on any atom is -0.316 e. The number of hydrogen-bond acceptors (Lipinski definition) is 2. The topological polar surface area (TPSA) is 29.9 Å². The molecule has 3 nitrogen and oxygen atoms in total. The van der Waals surface area contributed by atoms with E-state index in [1.165, 1.54) is 17.8 Å². The predicted octanol–water partition coefficient (Wildman–Crippen LogP) is 2.98. The molecule has 0 saturated carbocycles. The van der Waals surface area contributed by atoms with Crippen LogP contribution in [0.4, 0.5) is 4.39 Å². The Morgan fingerprint density at radius 3 is 2.38 bits per heavy atom. The third kappa shape index (κ3) is 3.32. The summed E-state index contributed by atoms with van der Waals surface area (Å²) in [5.74, 6) is -0.196. The summed E-state index contributed by atoms with van der Waals surface area (Å²) >= 11 is 0. The summed E-state index contributed by atoms with van der Waals surface area (Å²) < 4.78 is 15.1. The van der Waals surface area contributed by atoms with Gasteiger partial charge in [0.25, 0.3) is 0 Å². The Labute approximate surface area is 126 Å². The lowest BCUT2D eigenvalue weighted by Gasteiger charge is -2.35. The summed E-state index contributed by atoms with van der Waals surface area (Å²) in [7, 11) is 3.94. The van der Waals surface area contributed by atoms with Gasteiger partial charge < -0.3 is 5.32 Å². The van der Waals surface area contributed by atoms with Crippen molar-refractivity contribution in [2.24, 2.45) is 7.05 Å². The van der Waals surface area contributed by atoms with Gasteiger partial charge in [-0.25, -0.2) is 4.39 Å². The van der Waals surface area contributed by atoms with E-state index >= 15 is 0 Å². The molecule has 114 valence electrons. The minimum absolute atomic E-state index is 0.110. The van der Waals surface area contributed by atoms with Crippen molar-refractivity contribution < 1.29 is 4.39 Å². The highest BCUT2D eigenvalue weighted by Gasteiger charge is 2.31. The number of rotatable bonds is 5. The Bertz CT molecular complexity index is 599. The number of halogens is 1. The lowest BCUT2D eigenvalue weighted by molar-refractivity contribution is 0.350. The van der Waals surface area contributed by atoms with Crippen LogP contribution < -0.4 is 5.32 Å². The van der Waals surface area contributed by atoms with E-state index < -0.39 is 0 Å². The summed E-state index contributed by atoms with van der Waals surface area (Å²) in [5, 5.41) is 7.81. The van der Waals surface area contributed by atoms with E-state index in [4.69, 9.17) is 0 Å². The quantitative estimate of drug-likeness (QED) is 0.917. The highest BCUT2D eigenvalue weighted by Crippen LogP contribution is 2.29. The molecule has 2 aromatic rings. The zero-order chi connectivity index (χ0) is 15.6. The molecule has 2 rings (SSSR count). The van der Waals surface area contributed by atoms with Crippen LogP contribution in [0.2, 0.25) is 0 Å². The Morgan fingerprint density at radius 2 is 1.90 bits per heavy atom. The summed E-state index contributed by atoms with van der Waals surface area (Å²) in [5.41, 5.74) is 3.24. The van der Waals surface area contributed by atoms with E-state index in [1.54, 1.807) is 0 Å². The summed E-state index contributed by atoms with van der Waals surface area (Å²) in [6.45, 7) is 6.37. The van der Waals surface area contributed by atoms with E-state index in [0.717, 1.165) is 17.7 Å². The molecule has 1 aromatic heterocycles. The number of aromatic nitrogens is 2. The molecule has 0 aliphatic rings. The maximum atomic E-state index is 13.1. The molecular weight excluding hydrogens is 265 g/mol. The van der Waals surface area contributed by atoms with Crippen LogP contribution in [0.3, 0.4) is 0 Å². The molecular formula is C17H24FN3. The van der Waals surface area contributed by atoms with Crippen LogP contribution in [0.15, 0.2) is 30.3 Å². The van der Waals surface area contributed by atoms with Crippen molar-refractivity contribution >= 4 is 0 Å². The van der Waals surface area contributed by atoms with Gasteiger partial charge in [-0.05, 0) is 37.7 Å². The lowest BCUT2D eigenvalue weighted by Crippen LogP contribution is -2.45. The first kappa shape index (κ1) is 15.7. The second-order valence-electron chi connectivity index (χ2n) is 6.17. The van der Waals surface area contributed by atoms with Crippen molar-refractivity contribution in [3.63, 3.8) is 0 Å². The second-order valence-corrected chi connectivity index (χ2v) is 6.17.